The van der Waals surface area contributed by atoms with Crippen molar-refractivity contribution in [1.29, 1.82) is 0 Å². The average Bonchev–Trinajstić information content (AvgIpc) is 3.65. The van der Waals surface area contributed by atoms with E-state index in [2.05, 4.69) is 30.2 Å². The molecule has 42 heavy (non-hydrogen) atoms. The Morgan fingerprint density at radius 1 is 1.07 bits per heavy atom. The molecule has 0 bridgehead atoms. The van der Waals surface area contributed by atoms with E-state index in [1.54, 1.807) is 24.4 Å². The van der Waals surface area contributed by atoms with Crippen LogP contribution >= 0.6 is 0 Å². The highest BCUT2D eigenvalue weighted by Gasteiger charge is 2.27. The number of aromatic nitrogens is 5. The summed E-state index contributed by atoms with van der Waals surface area (Å²) in [6.07, 6.45) is 1.72. The number of ether oxygens (including phenoxy) is 2. The summed E-state index contributed by atoms with van der Waals surface area (Å²) in [5, 5.41) is 2.65. The first-order chi connectivity index (χ1) is 20.5. The summed E-state index contributed by atoms with van der Waals surface area (Å²) in [7, 11) is 0. The third-order valence-corrected chi connectivity index (χ3v) is 6.94. The number of anilines is 1. The number of hydrogen-bond acceptors (Lipinski definition) is 7. The Morgan fingerprint density at radius 2 is 1.93 bits per heavy atom. The van der Waals surface area contributed by atoms with Crippen molar-refractivity contribution in [2.45, 2.75) is 31.3 Å². The molecule has 5 heterocycles. The summed E-state index contributed by atoms with van der Waals surface area (Å²) in [5.74, 6) is -1.90. The van der Waals surface area contributed by atoms with Gasteiger partial charge in [0.1, 0.15) is 35.1 Å². The van der Waals surface area contributed by atoms with Crippen LogP contribution in [0.1, 0.15) is 24.3 Å². The highest BCUT2D eigenvalue weighted by atomic mass is 19.3. The summed E-state index contributed by atoms with van der Waals surface area (Å²) in [4.78, 5) is 34.2. The number of fused-ring (bicyclic) bond motifs is 1. The van der Waals surface area contributed by atoms with Crippen molar-refractivity contribution in [2.75, 3.05) is 18.5 Å². The number of pyridine rings is 2. The molecule has 1 saturated heterocycles. The smallest absolute Gasteiger partial charge is 0.241 e. The van der Waals surface area contributed by atoms with Crippen molar-refractivity contribution in [3.8, 4) is 28.4 Å². The summed E-state index contributed by atoms with van der Waals surface area (Å²) >= 11 is 0. The van der Waals surface area contributed by atoms with E-state index >= 15 is 0 Å². The van der Waals surface area contributed by atoms with Gasteiger partial charge in [-0.25, -0.2) is 23.1 Å². The molecule has 5 aromatic rings. The topological polar surface area (TPSA) is 115 Å². The molecule has 1 aliphatic rings. The van der Waals surface area contributed by atoms with Crippen LogP contribution in [0.3, 0.4) is 0 Å². The van der Waals surface area contributed by atoms with Crippen LogP contribution in [0.2, 0.25) is 0 Å². The molecule has 2 N–H and O–H groups in total. The Morgan fingerprint density at radius 3 is 2.67 bits per heavy atom. The summed E-state index contributed by atoms with van der Waals surface area (Å²) in [5.41, 5.74) is 4.00. The number of rotatable bonds is 9. The van der Waals surface area contributed by atoms with E-state index in [-0.39, 0.29) is 17.5 Å². The fraction of sp³-hybridized carbons (Fsp3) is 0.233. The molecule has 4 aromatic heterocycles. The van der Waals surface area contributed by atoms with Crippen molar-refractivity contribution in [3.05, 3.63) is 84.7 Å². The van der Waals surface area contributed by atoms with Gasteiger partial charge in [-0.15, -0.1) is 0 Å². The molecule has 214 valence electrons. The van der Waals surface area contributed by atoms with Gasteiger partial charge in [-0.1, -0.05) is 18.2 Å². The number of benzene rings is 1. The predicted octanol–water partition coefficient (Wildman–Crippen LogP) is 5.77. The molecule has 0 radical (unpaired) electrons. The molecule has 0 saturated carbocycles. The van der Waals surface area contributed by atoms with E-state index < -0.39 is 30.5 Å². The second-order valence-electron chi connectivity index (χ2n) is 9.75. The van der Waals surface area contributed by atoms with Gasteiger partial charge in [0.2, 0.25) is 18.2 Å². The lowest BCUT2D eigenvalue weighted by Gasteiger charge is -2.17. The standard InChI is InChI=1S/C30H25F3N6O3/c31-19-6-4-17(5-7-19)21(14-23(32)33)29(40)38-24-13-18(8-11-35-24)26-25(22-3-1-2-10-34-22)27-28(39-26)30(37-16-36-27)42-20-9-12-41-15-20/h1-8,10-11,13,16,20-21,23,39H,9,12,14-15H2,(H,35,38,40)/t20-,21?/m0/s1. The van der Waals surface area contributed by atoms with E-state index in [1.807, 2.05) is 12.1 Å². The van der Waals surface area contributed by atoms with Crippen LogP contribution in [0.5, 0.6) is 5.88 Å². The molecule has 2 atom stereocenters. The summed E-state index contributed by atoms with van der Waals surface area (Å²) in [6, 6.07) is 13.8. The quantitative estimate of drug-likeness (QED) is 0.230. The fourth-order valence-corrected chi connectivity index (χ4v) is 4.94. The van der Waals surface area contributed by atoms with Gasteiger partial charge >= 0.3 is 0 Å². The second kappa shape index (κ2) is 12.0. The molecule has 1 aromatic carbocycles. The molecule has 1 unspecified atom stereocenters. The Bertz CT molecular complexity index is 1690. The van der Waals surface area contributed by atoms with Crippen molar-refractivity contribution in [2.24, 2.45) is 0 Å². The molecule has 1 amide bonds. The Balaban J connectivity index is 1.37. The van der Waals surface area contributed by atoms with Crippen LogP contribution in [-0.4, -0.2) is 56.6 Å². The maximum Gasteiger partial charge on any atom is 0.241 e. The molecular formula is C30H25F3N6O3. The van der Waals surface area contributed by atoms with E-state index in [0.717, 1.165) is 18.6 Å². The maximum absolute atomic E-state index is 13.4. The van der Waals surface area contributed by atoms with Crippen LogP contribution in [0.15, 0.2) is 73.3 Å². The van der Waals surface area contributed by atoms with Gasteiger partial charge in [-0.05, 0) is 42.0 Å². The number of halogens is 3. The minimum absolute atomic E-state index is 0.141. The van der Waals surface area contributed by atoms with Gasteiger partial charge < -0.3 is 19.8 Å². The molecule has 1 fully saturated rings. The monoisotopic (exact) mass is 574 g/mol. The second-order valence-corrected chi connectivity index (χ2v) is 9.75. The fourth-order valence-electron chi connectivity index (χ4n) is 4.94. The molecule has 0 spiro atoms. The third-order valence-electron chi connectivity index (χ3n) is 6.94. The first kappa shape index (κ1) is 27.3. The first-order valence-electron chi connectivity index (χ1n) is 13.3. The van der Waals surface area contributed by atoms with Crippen LogP contribution < -0.4 is 10.1 Å². The lowest BCUT2D eigenvalue weighted by molar-refractivity contribution is -0.118. The van der Waals surface area contributed by atoms with Gasteiger partial charge in [0, 0.05) is 30.8 Å². The zero-order valence-electron chi connectivity index (χ0n) is 22.1. The molecule has 1 aliphatic heterocycles. The average molecular weight is 575 g/mol. The Hall–Kier alpha value is -4.84. The predicted molar refractivity (Wildman–Crippen MR) is 149 cm³/mol. The molecule has 9 nitrogen and oxygen atoms in total. The number of amides is 1. The van der Waals surface area contributed by atoms with E-state index in [1.165, 1.54) is 24.7 Å². The number of carbonyl (C=O) groups is 1. The zero-order valence-corrected chi connectivity index (χ0v) is 22.1. The highest BCUT2D eigenvalue weighted by molar-refractivity contribution is 6.02. The first-order valence-corrected chi connectivity index (χ1v) is 13.3. The van der Waals surface area contributed by atoms with Crippen LogP contribution in [0.4, 0.5) is 19.0 Å². The van der Waals surface area contributed by atoms with Crippen molar-refractivity contribution in [3.63, 3.8) is 0 Å². The van der Waals surface area contributed by atoms with Gasteiger partial charge in [-0.3, -0.25) is 9.78 Å². The zero-order chi connectivity index (χ0) is 29.1. The van der Waals surface area contributed by atoms with Gasteiger partial charge in [0.25, 0.3) is 0 Å². The normalized spacial score (nSPS) is 15.7. The minimum Gasteiger partial charge on any atom is -0.470 e. The van der Waals surface area contributed by atoms with E-state index in [4.69, 9.17) is 9.47 Å². The van der Waals surface area contributed by atoms with Crippen LogP contribution in [0, 0.1) is 5.82 Å². The molecule has 0 aliphatic carbocycles. The largest absolute Gasteiger partial charge is 0.470 e. The van der Waals surface area contributed by atoms with E-state index in [0.29, 0.717) is 52.6 Å². The van der Waals surface area contributed by atoms with Crippen molar-refractivity contribution < 1.29 is 27.4 Å². The van der Waals surface area contributed by atoms with Crippen LogP contribution in [-0.2, 0) is 9.53 Å². The number of H-pyrrole nitrogens is 1. The number of hydrogen-bond donors (Lipinski definition) is 2. The number of carbonyl (C=O) groups excluding carboxylic acids is 1. The maximum atomic E-state index is 13.4. The lowest BCUT2D eigenvalue weighted by atomic mass is 9.95. The van der Waals surface area contributed by atoms with E-state index in [9.17, 15) is 18.0 Å². The highest BCUT2D eigenvalue weighted by Crippen LogP contribution is 2.39. The van der Waals surface area contributed by atoms with Gasteiger partial charge in [0.05, 0.1) is 36.1 Å². The summed E-state index contributed by atoms with van der Waals surface area (Å²) in [6.45, 7) is 1.07. The minimum atomic E-state index is -2.74. The van der Waals surface area contributed by atoms with Crippen LogP contribution in [0.25, 0.3) is 33.5 Å². The third kappa shape index (κ3) is 5.79. The number of aromatic amines is 1. The summed E-state index contributed by atoms with van der Waals surface area (Å²) < 4.78 is 51.8. The van der Waals surface area contributed by atoms with Gasteiger partial charge in [-0.2, -0.15) is 4.98 Å². The lowest BCUT2D eigenvalue weighted by Crippen LogP contribution is -2.23. The molecule has 6 rings (SSSR count). The molecular weight excluding hydrogens is 549 g/mol. The Labute approximate surface area is 238 Å². The molecule has 12 heteroatoms. The number of alkyl halides is 2. The Kier molecular flexibility index (Phi) is 7.78. The van der Waals surface area contributed by atoms with Crippen molar-refractivity contribution in [1.82, 2.24) is 24.9 Å². The van der Waals surface area contributed by atoms with Gasteiger partial charge in [0.15, 0.2) is 0 Å². The number of nitrogens with zero attached hydrogens (tertiary/aromatic N) is 4. The van der Waals surface area contributed by atoms with Crippen molar-refractivity contribution >= 4 is 22.8 Å². The number of nitrogens with one attached hydrogen (secondary N) is 2. The SMILES string of the molecule is O=C(Nc1cc(-c2[nH]c3c(O[C@H]4CCOC4)ncnc3c2-c2ccccn2)ccn1)C(CC(F)F)c1ccc(F)cc1.